The van der Waals surface area contributed by atoms with Gasteiger partial charge < -0.3 is 4.57 Å². The van der Waals surface area contributed by atoms with Crippen molar-refractivity contribution >= 4 is 11.2 Å². The van der Waals surface area contributed by atoms with E-state index in [9.17, 15) is 19.2 Å². The first-order chi connectivity index (χ1) is 10.3. The smallest absolute Gasteiger partial charge is 0.311 e. The predicted molar refractivity (Wildman–Crippen MR) is 77.1 cm³/mol. The molecule has 0 N–H and O–H groups in total. The minimum Gasteiger partial charge on any atom is -0.311 e. The molecule has 22 heavy (non-hydrogen) atoms. The molecule has 0 unspecified atom stereocenters. The zero-order valence-corrected chi connectivity index (χ0v) is 12.3. The van der Waals surface area contributed by atoms with Gasteiger partial charge in [-0.2, -0.15) is 4.98 Å². The van der Waals surface area contributed by atoms with Gasteiger partial charge in [0, 0.05) is 28.2 Å². The number of nitrogens with zero attached hydrogens (tertiary/aromatic N) is 6. The van der Waals surface area contributed by atoms with Gasteiger partial charge in [-0.05, 0) is 0 Å². The lowest BCUT2D eigenvalue weighted by Crippen LogP contribution is -2.41. The van der Waals surface area contributed by atoms with E-state index in [1.807, 2.05) is 0 Å². The molecule has 1 aromatic rings. The van der Waals surface area contributed by atoms with E-state index < -0.39 is 22.5 Å². The summed E-state index contributed by atoms with van der Waals surface area (Å²) < 4.78 is 4.28. The lowest BCUT2D eigenvalue weighted by atomic mass is 10.3. The van der Waals surface area contributed by atoms with Crippen LogP contribution in [0.1, 0.15) is 0 Å². The van der Waals surface area contributed by atoms with Crippen molar-refractivity contribution < 1.29 is 0 Å². The average molecular weight is 304 g/mol. The van der Waals surface area contributed by atoms with E-state index in [-0.39, 0.29) is 22.7 Å². The Labute approximate surface area is 121 Å². The molecule has 2 aliphatic heterocycles. The van der Waals surface area contributed by atoms with Gasteiger partial charge in [0.1, 0.15) is 5.65 Å². The molecule has 0 fully saturated rings. The Balaban J connectivity index is 2.79. The molecule has 10 nitrogen and oxygen atoms in total. The predicted octanol–water partition coefficient (Wildman–Crippen LogP) is -2.47. The van der Waals surface area contributed by atoms with Crippen molar-refractivity contribution in [3.8, 4) is 11.5 Å². The first-order valence-corrected chi connectivity index (χ1v) is 6.29. The van der Waals surface area contributed by atoms with Crippen LogP contribution in [-0.4, -0.2) is 28.2 Å². The molecule has 0 saturated heterocycles. The third-order valence-corrected chi connectivity index (χ3v) is 3.68. The van der Waals surface area contributed by atoms with Crippen molar-refractivity contribution in [2.45, 2.75) is 0 Å². The first-order valence-electron chi connectivity index (χ1n) is 6.29. The molecule has 0 amide bonds. The third-order valence-electron chi connectivity index (χ3n) is 3.68. The molecule has 114 valence electrons. The van der Waals surface area contributed by atoms with Crippen LogP contribution >= 0.6 is 0 Å². The highest BCUT2D eigenvalue weighted by Gasteiger charge is 2.22. The van der Waals surface area contributed by atoms with Crippen LogP contribution in [-0.2, 0) is 28.2 Å². The average Bonchev–Trinajstić information content (AvgIpc) is 2.49. The molecule has 2 aliphatic rings. The highest BCUT2D eigenvalue weighted by molar-refractivity contribution is 5.75. The Morgan fingerprint density at radius 1 is 0.727 bits per heavy atom. The fourth-order valence-corrected chi connectivity index (χ4v) is 2.40. The first kappa shape index (κ1) is 13.9. The summed E-state index contributed by atoms with van der Waals surface area (Å²) in [7, 11) is 5.59. The molecule has 3 rings (SSSR count). The number of fused-ring (bicyclic) bond motifs is 2. The second-order valence-corrected chi connectivity index (χ2v) is 4.98. The summed E-state index contributed by atoms with van der Waals surface area (Å²) in [5, 5.41) is 0. The van der Waals surface area contributed by atoms with E-state index in [2.05, 4.69) is 9.97 Å². The maximum absolute atomic E-state index is 12.2. The van der Waals surface area contributed by atoms with Gasteiger partial charge in [0.25, 0.3) is 11.1 Å². The van der Waals surface area contributed by atoms with E-state index in [0.29, 0.717) is 0 Å². The molecule has 0 saturated carbocycles. The maximum Gasteiger partial charge on any atom is 0.352 e. The quantitative estimate of drug-likeness (QED) is 0.425. The maximum atomic E-state index is 12.2. The fourth-order valence-electron chi connectivity index (χ4n) is 2.40. The normalized spacial score (nSPS) is 11.5. The van der Waals surface area contributed by atoms with Gasteiger partial charge in [-0.15, -0.1) is 0 Å². The van der Waals surface area contributed by atoms with Crippen molar-refractivity contribution in [2.75, 3.05) is 0 Å². The van der Waals surface area contributed by atoms with E-state index in [4.69, 9.17) is 0 Å². The largest absolute Gasteiger partial charge is 0.352 e. The highest BCUT2D eigenvalue weighted by Crippen LogP contribution is 2.15. The van der Waals surface area contributed by atoms with Gasteiger partial charge in [-0.3, -0.25) is 23.3 Å². The van der Waals surface area contributed by atoms with Gasteiger partial charge in [-0.1, -0.05) is 0 Å². The van der Waals surface area contributed by atoms with Crippen molar-refractivity contribution in [1.82, 2.24) is 28.2 Å². The Morgan fingerprint density at radius 3 is 2.00 bits per heavy atom. The summed E-state index contributed by atoms with van der Waals surface area (Å²) in [6.45, 7) is 0. The molecule has 10 heteroatoms. The van der Waals surface area contributed by atoms with Crippen LogP contribution in [0.4, 0.5) is 0 Å². The molecule has 0 bridgehead atoms. The van der Waals surface area contributed by atoms with E-state index >= 15 is 0 Å². The van der Waals surface area contributed by atoms with Crippen LogP contribution in [0.5, 0.6) is 0 Å². The van der Waals surface area contributed by atoms with Crippen molar-refractivity contribution in [3.05, 3.63) is 41.7 Å². The van der Waals surface area contributed by atoms with Crippen LogP contribution in [0.15, 0.2) is 19.2 Å². The van der Waals surface area contributed by atoms with Gasteiger partial charge >= 0.3 is 11.4 Å². The number of rotatable bonds is 0. The molecule has 3 heterocycles. The van der Waals surface area contributed by atoms with Crippen molar-refractivity contribution in [2.24, 2.45) is 28.2 Å². The SMILES string of the molecule is Cn1c(=O)nc2n(C)c3c(nc-2c1=O)c(=O)n(C)c(=O)n3C. The fraction of sp³-hybridized carbons (Fsp3) is 0.333. The molecule has 0 aliphatic carbocycles. The summed E-state index contributed by atoms with van der Waals surface area (Å²) in [5.41, 5.74) is -2.51. The topological polar surface area (TPSA) is 114 Å². The Bertz CT molecular complexity index is 1150. The Hall–Kier alpha value is -3.04. The molecule has 0 spiro atoms. The Kier molecular flexibility index (Phi) is 2.67. The number of hydrogen-bond acceptors (Lipinski definition) is 6. The summed E-state index contributed by atoms with van der Waals surface area (Å²) in [4.78, 5) is 56.0. The standard InChI is InChI=1S/C12H12N6O4/c1-15-7-5(9(19)17(3)11(21)14-7)13-6-8(15)16(2)12(22)18(4)10(6)20/h1-4H3. The van der Waals surface area contributed by atoms with E-state index in [1.54, 1.807) is 0 Å². The van der Waals surface area contributed by atoms with Gasteiger partial charge in [-0.25, -0.2) is 14.6 Å². The van der Waals surface area contributed by atoms with Gasteiger partial charge in [0.2, 0.25) is 0 Å². The summed E-state index contributed by atoms with van der Waals surface area (Å²) in [5.74, 6) is 0.0175. The molecular weight excluding hydrogens is 292 g/mol. The zero-order chi connectivity index (χ0) is 16.3. The summed E-state index contributed by atoms with van der Waals surface area (Å²) >= 11 is 0. The number of hydrogen-bond donors (Lipinski definition) is 0. The van der Waals surface area contributed by atoms with Crippen LogP contribution in [0.2, 0.25) is 0 Å². The minimum atomic E-state index is -0.733. The summed E-state index contributed by atoms with van der Waals surface area (Å²) in [6, 6.07) is 0. The third kappa shape index (κ3) is 1.54. The van der Waals surface area contributed by atoms with Crippen molar-refractivity contribution in [1.29, 1.82) is 0 Å². The molecule has 1 aromatic heterocycles. The second-order valence-electron chi connectivity index (χ2n) is 4.98. The van der Waals surface area contributed by atoms with E-state index in [1.165, 1.54) is 37.3 Å². The lowest BCUT2D eigenvalue weighted by molar-refractivity contribution is 0.680. The second kappa shape index (κ2) is 4.23. The van der Waals surface area contributed by atoms with Gasteiger partial charge in [0.15, 0.2) is 17.0 Å². The summed E-state index contributed by atoms with van der Waals surface area (Å²) in [6.07, 6.45) is 0. The molecular formula is C12H12N6O4. The van der Waals surface area contributed by atoms with E-state index in [0.717, 1.165) is 9.13 Å². The number of aromatic nitrogens is 6. The zero-order valence-electron chi connectivity index (χ0n) is 12.3. The van der Waals surface area contributed by atoms with Crippen LogP contribution in [0.3, 0.4) is 0 Å². The molecule has 0 atom stereocenters. The van der Waals surface area contributed by atoms with Crippen LogP contribution in [0.25, 0.3) is 22.7 Å². The number of aryl methyl sites for hydroxylation is 2. The molecule has 0 aromatic carbocycles. The Morgan fingerprint density at radius 2 is 1.36 bits per heavy atom. The monoisotopic (exact) mass is 304 g/mol. The van der Waals surface area contributed by atoms with Crippen LogP contribution < -0.4 is 22.5 Å². The lowest BCUT2D eigenvalue weighted by Gasteiger charge is -2.15. The van der Waals surface area contributed by atoms with Gasteiger partial charge in [0.05, 0.1) is 0 Å². The van der Waals surface area contributed by atoms with Crippen molar-refractivity contribution in [3.63, 3.8) is 0 Å². The molecule has 0 radical (unpaired) electrons. The van der Waals surface area contributed by atoms with Crippen LogP contribution in [0, 0.1) is 0 Å². The minimum absolute atomic E-state index is 0.0175. The highest BCUT2D eigenvalue weighted by atomic mass is 16.2.